The molecule has 2 unspecified atom stereocenters. The Morgan fingerprint density at radius 1 is 1.37 bits per heavy atom. The molecule has 2 heterocycles. The predicted octanol–water partition coefficient (Wildman–Crippen LogP) is 2.38. The van der Waals surface area contributed by atoms with Crippen LogP contribution in [0.5, 0.6) is 0 Å². The highest BCUT2D eigenvalue weighted by atomic mass is 19.4. The zero-order chi connectivity index (χ0) is 22.1. The molecule has 0 spiro atoms. The number of carbonyl (C=O) groups is 1. The van der Waals surface area contributed by atoms with Crippen molar-refractivity contribution in [3.63, 3.8) is 0 Å². The topological polar surface area (TPSA) is 92.1 Å². The second-order valence-electron chi connectivity index (χ2n) is 8.02. The highest BCUT2D eigenvalue weighted by Gasteiger charge is 2.41. The Labute approximate surface area is 172 Å². The number of hydrogen-bond donors (Lipinski definition) is 3. The van der Waals surface area contributed by atoms with Gasteiger partial charge in [0.25, 0.3) is 0 Å². The number of rotatable bonds is 5. The molecule has 0 radical (unpaired) electrons. The maximum Gasteiger partial charge on any atom is 0.416 e. The van der Waals surface area contributed by atoms with Gasteiger partial charge in [0.05, 0.1) is 41.6 Å². The van der Waals surface area contributed by atoms with Crippen LogP contribution in [0.4, 0.5) is 13.2 Å². The molecular formula is C20H26F3N5O2. The summed E-state index contributed by atoms with van der Waals surface area (Å²) in [6.07, 6.45) is -2.10. The summed E-state index contributed by atoms with van der Waals surface area (Å²) in [6, 6.07) is 4.23. The molecule has 0 aliphatic carbocycles. The number of hydrogen-bond acceptors (Lipinski definition) is 5. The van der Waals surface area contributed by atoms with Gasteiger partial charge in [0.15, 0.2) is 0 Å². The van der Waals surface area contributed by atoms with Crippen molar-refractivity contribution < 1.29 is 23.1 Å². The van der Waals surface area contributed by atoms with E-state index >= 15 is 0 Å². The number of nitrogens with zero attached hydrogens (tertiary/aromatic N) is 3. The molecule has 0 bridgehead atoms. The molecule has 10 heteroatoms. The number of benzene rings is 1. The zero-order valence-corrected chi connectivity index (χ0v) is 17.1. The van der Waals surface area contributed by atoms with Crippen LogP contribution >= 0.6 is 0 Å². The molecule has 0 saturated carbocycles. The first-order valence-electron chi connectivity index (χ1n) is 9.79. The maximum atomic E-state index is 12.9. The minimum absolute atomic E-state index is 0.0917. The number of piperidine rings is 1. The number of aliphatic hydroxyl groups is 1. The molecule has 7 nitrogen and oxygen atoms in total. The lowest BCUT2D eigenvalue weighted by Gasteiger charge is -2.40. The van der Waals surface area contributed by atoms with Crippen molar-refractivity contribution in [1.82, 2.24) is 25.6 Å². The highest BCUT2D eigenvalue weighted by Crippen LogP contribution is 2.40. The molecule has 1 aliphatic heterocycles. The van der Waals surface area contributed by atoms with Gasteiger partial charge in [-0.05, 0) is 31.0 Å². The Morgan fingerprint density at radius 3 is 2.63 bits per heavy atom. The fourth-order valence-electron chi connectivity index (χ4n) is 3.96. The van der Waals surface area contributed by atoms with Crippen molar-refractivity contribution in [3.05, 3.63) is 47.3 Å². The summed E-state index contributed by atoms with van der Waals surface area (Å²) in [6.45, 7) is 4.04. The summed E-state index contributed by atoms with van der Waals surface area (Å²) in [4.78, 5) is 11.7. The lowest BCUT2D eigenvalue weighted by molar-refractivity contribution is -0.137. The van der Waals surface area contributed by atoms with Gasteiger partial charge in [-0.2, -0.15) is 13.2 Å². The molecule has 1 saturated heterocycles. The second kappa shape index (κ2) is 8.35. The van der Waals surface area contributed by atoms with Crippen LogP contribution in [0.2, 0.25) is 0 Å². The molecule has 30 heavy (non-hydrogen) atoms. The predicted molar refractivity (Wildman–Crippen MR) is 103 cm³/mol. The summed E-state index contributed by atoms with van der Waals surface area (Å²) < 4.78 is 40.1. The molecule has 1 fully saturated rings. The first kappa shape index (κ1) is 22.2. The molecule has 3 rings (SSSR count). The van der Waals surface area contributed by atoms with Gasteiger partial charge in [-0.15, -0.1) is 5.10 Å². The highest BCUT2D eigenvalue weighted by molar-refractivity contribution is 5.77. The maximum absolute atomic E-state index is 12.9. The van der Waals surface area contributed by atoms with Gasteiger partial charge in [-0.3, -0.25) is 9.48 Å². The monoisotopic (exact) mass is 425 g/mol. The molecule has 1 aromatic heterocycles. The first-order valence-corrected chi connectivity index (χ1v) is 9.79. The molecule has 2 aromatic rings. The van der Waals surface area contributed by atoms with Gasteiger partial charge in [0.1, 0.15) is 0 Å². The van der Waals surface area contributed by atoms with Crippen LogP contribution in [0, 0.1) is 5.92 Å². The lowest BCUT2D eigenvalue weighted by Crippen LogP contribution is -2.47. The number of carbonyl (C=O) groups excluding carboxylic acids is 1. The Balaban J connectivity index is 1.78. The minimum atomic E-state index is -4.42. The molecule has 164 valence electrons. The number of halogens is 3. The third-order valence-corrected chi connectivity index (χ3v) is 5.49. The van der Waals surface area contributed by atoms with Crippen LogP contribution < -0.4 is 10.6 Å². The number of aromatic nitrogens is 3. The van der Waals surface area contributed by atoms with Crippen LogP contribution in [0.15, 0.2) is 30.5 Å². The molecular weight excluding hydrogens is 399 g/mol. The van der Waals surface area contributed by atoms with E-state index in [1.54, 1.807) is 24.9 Å². The molecule has 4 atom stereocenters. The van der Waals surface area contributed by atoms with Crippen LogP contribution in [0.3, 0.4) is 0 Å². The summed E-state index contributed by atoms with van der Waals surface area (Å²) in [5, 5.41) is 25.5. The van der Waals surface area contributed by atoms with E-state index in [0.717, 1.165) is 12.1 Å². The number of amides is 1. The van der Waals surface area contributed by atoms with E-state index in [0.29, 0.717) is 24.2 Å². The smallest absolute Gasteiger partial charge is 0.385 e. The third kappa shape index (κ3) is 4.81. The summed E-state index contributed by atoms with van der Waals surface area (Å²) in [5.74, 6) is -0.389. The molecule has 3 N–H and O–H groups in total. The standard InChI is InChI=1S/C20H26F3N5O2/c1-12(18(29)24-3)10-28-11-17(26-27-28)16-9-19(30,8-13(2)25-16)14-4-6-15(7-5-14)20(21,22)23/h4-7,11-13,16,25,30H,8-10H2,1-3H3,(H,24,29)/t12?,13-,16-,19?/m0/s1. The van der Waals surface area contributed by atoms with Crippen molar-refractivity contribution in [3.8, 4) is 0 Å². The third-order valence-electron chi connectivity index (χ3n) is 5.49. The van der Waals surface area contributed by atoms with Crippen LogP contribution in [0.25, 0.3) is 0 Å². The van der Waals surface area contributed by atoms with Gasteiger partial charge in [-0.25, -0.2) is 0 Å². The van der Waals surface area contributed by atoms with Crippen molar-refractivity contribution in [2.75, 3.05) is 7.05 Å². The van der Waals surface area contributed by atoms with Gasteiger partial charge in [-0.1, -0.05) is 24.3 Å². The molecule has 1 aliphatic rings. The van der Waals surface area contributed by atoms with Crippen molar-refractivity contribution >= 4 is 5.91 Å². The number of alkyl halides is 3. The average Bonchev–Trinajstić information content (AvgIpc) is 3.14. The largest absolute Gasteiger partial charge is 0.416 e. The van der Waals surface area contributed by atoms with Gasteiger partial charge in [0.2, 0.25) is 5.91 Å². The van der Waals surface area contributed by atoms with Gasteiger partial charge in [0, 0.05) is 19.5 Å². The Hall–Kier alpha value is -2.46. The average molecular weight is 425 g/mol. The molecule has 1 amide bonds. The van der Waals surface area contributed by atoms with E-state index in [9.17, 15) is 23.1 Å². The fraction of sp³-hybridized carbons (Fsp3) is 0.550. The van der Waals surface area contributed by atoms with Crippen LogP contribution in [-0.4, -0.2) is 39.1 Å². The quantitative estimate of drug-likeness (QED) is 0.684. The van der Waals surface area contributed by atoms with E-state index in [-0.39, 0.29) is 30.3 Å². The fourth-order valence-corrected chi connectivity index (χ4v) is 3.96. The zero-order valence-electron chi connectivity index (χ0n) is 17.1. The second-order valence-corrected chi connectivity index (χ2v) is 8.02. The Morgan fingerprint density at radius 2 is 2.03 bits per heavy atom. The van der Waals surface area contributed by atoms with Crippen molar-refractivity contribution in [1.29, 1.82) is 0 Å². The minimum Gasteiger partial charge on any atom is -0.385 e. The van der Waals surface area contributed by atoms with Crippen molar-refractivity contribution in [2.24, 2.45) is 5.92 Å². The Kier molecular flexibility index (Phi) is 6.19. The summed E-state index contributed by atoms with van der Waals surface area (Å²) >= 11 is 0. The van der Waals surface area contributed by atoms with Crippen LogP contribution in [0.1, 0.15) is 49.6 Å². The SMILES string of the molecule is CNC(=O)C(C)Cn1cc([C@@H]2CC(O)(c3ccc(C(F)(F)F)cc3)C[C@H](C)N2)nn1. The lowest BCUT2D eigenvalue weighted by atomic mass is 9.78. The Bertz CT molecular complexity index is 883. The first-order chi connectivity index (χ1) is 14.0. The van der Waals surface area contributed by atoms with Crippen molar-refractivity contribution in [2.45, 2.75) is 57.1 Å². The summed E-state index contributed by atoms with van der Waals surface area (Å²) in [7, 11) is 1.57. The van der Waals surface area contributed by atoms with Crippen LogP contribution in [-0.2, 0) is 23.1 Å². The van der Waals surface area contributed by atoms with E-state index in [1.165, 1.54) is 12.1 Å². The van der Waals surface area contributed by atoms with E-state index in [4.69, 9.17) is 0 Å². The molecule has 1 aromatic carbocycles. The normalized spacial score (nSPS) is 25.7. The van der Waals surface area contributed by atoms with Gasteiger partial charge >= 0.3 is 6.18 Å². The van der Waals surface area contributed by atoms with Gasteiger partial charge < -0.3 is 15.7 Å². The van der Waals surface area contributed by atoms with E-state index < -0.39 is 17.3 Å². The summed E-state index contributed by atoms with van der Waals surface area (Å²) in [5.41, 5.74) is -0.995. The number of nitrogens with one attached hydrogen (secondary N) is 2. The van der Waals surface area contributed by atoms with E-state index in [1.807, 2.05) is 6.92 Å². The van der Waals surface area contributed by atoms with E-state index in [2.05, 4.69) is 20.9 Å².